The fourth-order valence-corrected chi connectivity index (χ4v) is 4.27. The molecule has 0 unspecified atom stereocenters. The van der Waals surface area contributed by atoms with E-state index in [0.29, 0.717) is 39.8 Å². The van der Waals surface area contributed by atoms with E-state index in [1.165, 1.54) is 21.3 Å². The Morgan fingerprint density at radius 2 is 1.67 bits per heavy atom. The summed E-state index contributed by atoms with van der Waals surface area (Å²) in [5.74, 6) is 0.272. The summed E-state index contributed by atoms with van der Waals surface area (Å²) in [6, 6.07) is 10.9. The van der Waals surface area contributed by atoms with Crippen molar-refractivity contribution in [3.63, 3.8) is 0 Å². The molecule has 0 fully saturated rings. The molecular weight excluding hydrogens is 454 g/mol. The Morgan fingerprint density at radius 1 is 0.967 bits per heavy atom. The molecule has 8 heteroatoms. The fourth-order valence-electron chi connectivity index (χ4n) is 4.01. The summed E-state index contributed by atoms with van der Waals surface area (Å²) >= 11 is 3.40. The van der Waals surface area contributed by atoms with Crippen LogP contribution < -0.4 is 19.1 Å². The Kier molecular flexibility index (Phi) is 5.42. The molecule has 0 bridgehead atoms. The van der Waals surface area contributed by atoms with Crippen molar-refractivity contribution in [3.8, 4) is 17.2 Å². The number of cyclic esters (lactones) is 1. The highest BCUT2D eigenvalue weighted by atomic mass is 79.9. The normalized spacial score (nSPS) is 18.3. The van der Waals surface area contributed by atoms with Crippen LogP contribution in [0.5, 0.6) is 17.2 Å². The molecule has 1 atom stereocenters. The van der Waals surface area contributed by atoms with E-state index >= 15 is 0 Å². The summed E-state index contributed by atoms with van der Waals surface area (Å²) in [5.41, 5.74) is 2.38. The largest absolute Gasteiger partial charge is 0.493 e. The zero-order valence-electron chi connectivity index (χ0n) is 16.7. The number of carbonyl (C=O) groups excluding carboxylic acids is 2. The highest BCUT2D eigenvalue weighted by Gasteiger charge is 2.44. The highest BCUT2D eigenvalue weighted by molar-refractivity contribution is 9.10. The molecule has 2 aliphatic heterocycles. The molecule has 4 rings (SSSR count). The lowest BCUT2D eigenvalue weighted by Crippen LogP contribution is -2.37. The van der Waals surface area contributed by atoms with Crippen LogP contribution in [0.25, 0.3) is 0 Å². The fraction of sp³-hybridized carbons (Fsp3) is 0.273. The van der Waals surface area contributed by atoms with Crippen LogP contribution >= 0.6 is 15.9 Å². The molecule has 2 aliphatic rings. The second-order valence-electron chi connectivity index (χ2n) is 6.82. The number of halogens is 1. The molecule has 0 N–H and O–H groups in total. The number of hydrogen-bond donors (Lipinski definition) is 0. The first-order valence-electron chi connectivity index (χ1n) is 9.27. The number of amides is 1. The van der Waals surface area contributed by atoms with Crippen molar-refractivity contribution >= 4 is 33.5 Å². The predicted octanol–water partition coefficient (Wildman–Crippen LogP) is 3.81. The van der Waals surface area contributed by atoms with E-state index < -0.39 is 11.9 Å². The van der Waals surface area contributed by atoms with Crippen LogP contribution in [-0.2, 0) is 14.3 Å². The number of nitrogens with zero attached hydrogens (tertiary/aromatic N) is 1. The van der Waals surface area contributed by atoms with Gasteiger partial charge in [-0.25, -0.2) is 4.79 Å². The van der Waals surface area contributed by atoms with Crippen molar-refractivity contribution in [1.82, 2.24) is 0 Å². The van der Waals surface area contributed by atoms with Gasteiger partial charge in [-0.1, -0.05) is 22.0 Å². The molecule has 0 spiro atoms. The van der Waals surface area contributed by atoms with Crippen molar-refractivity contribution in [3.05, 3.63) is 57.7 Å². The number of ether oxygens (including phenoxy) is 4. The van der Waals surface area contributed by atoms with Crippen LogP contribution in [0, 0.1) is 0 Å². The Hall–Kier alpha value is -3.00. The van der Waals surface area contributed by atoms with Crippen molar-refractivity contribution in [1.29, 1.82) is 0 Å². The minimum atomic E-state index is -0.510. The molecule has 2 heterocycles. The molecule has 156 valence electrons. The van der Waals surface area contributed by atoms with E-state index in [2.05, 4.69) is 15.9 Å². The predicted molar refractivity (Wildman–Crippen MR) is 113 cm³/mol. The van der Waals surface area contributed by atoms with Gasteiger partial charge in [0.2, 0.25) is 11.7 Å². The minimum absolute atomic E-state index is 0.0437. The van der Waals surface area contributed by atoms with E-state index in [4.69, 9.17) is 18.9 Å². The van der Waals surface area contributed by atoms with Crippen LogP contribution in [-0.4, -0.2) is 39.8 Å². The van der Waals surface area contributed by atoms with Gasteiger partial charge in [0.25, 0.3) is 0 Å². The maximum atomic E-state index is 13.2. The number of methoxy groups -OCH3 is 3. The zero-order chi connectivity index (χ0) is 21.4. The summed E-state index contributed by atoms with van der Waals surface area (Å²) < 4.78 is 22.7. The lowest BCUT2D eigenvalue weighted by atomic mass is 9.83. The van der Waals surface area contributed by atoms with Gasteiger partial charge < -0.3 is 18.9 Å². The Bertz CT molecular complexity index is 1050. The van der Waals surface area contributed by atoms with E-state index in [-0.39, 0.29) is 18.9 Å². The number of esters is 1. The third-order valence-corrected chi connectivity index (χ3v) is 5.84. The molecule has 0 aliphatic carbocycles. The van der Waals surface area contributed by atoms with Gasteiger partial charge in [-0.15, -0.1) is 0 Å². The van der Waals surface area contributed by atoms with Gasteiger partial charge >= 0.3 is 5.97 Å². The average molecular weight is 474 g/mol. The second-order valence-corrected chi connectivity index (χ2v) is 7.74. The van der Waals surface area contributed by atoms with Crippen molar-refractivity contribution in [2.45, 2.75) is 12.3 Å². The quantitative estimate of drug-likeness (QED) is 0.614. The molecular formula is C22H20BrNO6. The first kappa shape index (κ1) is 20.3. The second kappa shape index (κ2) is 8.02. The average Bonchev–Trinajstić information content (AvgIpc) is 3.14. The molecule has 2 aromatic carbocycles. The van der Waals surface area contributed by atoms with Gasteiger partial charge in [-0.05, 0) is 30.3 Å². The number of rotatable bonds is 5. The summed E-state index contributed by atoms with van der Waals surface area (Å²) in [6.07, 6.45) is 0.0931. The minimum Gasteiger partial charge on any atom is -0.493 e. The maximum Gasteiger partial charge on any atom is 0.336 e. The SMILES string of the molecule is COc1ccc([C@@H]2CC(=O)N(c3ccc(Br)cc3)C3=C2C(=O)OC3)c(OC)c1OC. The van der Waals surface area contributed by atoms with Crippen LogP contribution in [0.1, 0.15) is 17.9 Å². The third-order valence-electron chi connectivity index (χ3n) is 5.31. The lowest BCUT2D eigenvalue weighted by Gasteiger charge is -2.32. The number of benzene rings is 2. The first-order chi connectivity index (χ1) is 14.5. The van der Waals surface area contributed by atoms with Crippen LogP contribution in [0.3, 0.4) is 0 Å². The lowest BCUT2D eigenvalue weighted by molar-refractivity contribution is -0.136. The molecule has 1 amide bonds. The Labute approximate surface area is 182 Å². The summed E-state index contributed by atoms with van der Waals surface area (Å²) in [5, 5.41) is 0. The Balaban J connectivity index is 1.86. The van der Waals surface area contributed by atoms with Gasteiger partial charge in [0, 0.05) is 28.1 Å². The topological polar surface area (TPSA) is 74.3 Å². The zero-order valence-corrected chi connectivity index (χ0v) is 18.3. The molecule has 2 aromatic rings. The molecule has 0 saturated carbocycles. The van der Waals surface area contributed by atoms with E-state index in [9.17, 15) is 9.59 Å². The van der Waals surface area contributed by atoms with Crippen LogP contribution in [0.2, 0.25) is 0 Å². The number of carbonyl (C=O) groups is 2. The Morgan fingerprint density at radius 3 is 2.30 bits per heavy atom. The van der Waals surface area contributed by atoms with Gasteiger partial charge in [-0.3, -0.25) is 9.69 Å². The monoisotopic (exact) mass is 473 g/mol. The summed E-state index contributed by atoms with van der Waals surface area (Å²) in [4.78, 5) is 27.5. The highest BCUT2D eigenvalue weighted by Crippen LogP contribution is 2.49. The third kappa shape index (κ3) is 3.21. The standard InChI is InChI=1S/C22H20BrNO6/c1-27-17-9-8-14(20(28-2)21(17)29-3)15-10-18(25)24(13-6-4-12(23)5-7-13)16-11-30-22(26)19(15)16/h4-9,15H,10-11H2,1-3H3/t15-/m0/s1. The number of anilines is 1. The molecule has 0 radical (unpaired) electrons. The van der Waals surface area contributed by atoms with E-state index in [0.717, 1.165) is 4.47 Å². The molecule has 0 aromatic heterocycles. The molecule has 7 nitrogen and oxygen atoms in total. The molecule has 0 saturated heterocycles. The van der Waals surface area contributed by atoms with Gasteiger partial charge in [0.1, 0.15) is 6.61 Å². The summed E-state index contributed by atoms with van der Waals surface area (Å²) in [7, 11) is 4.56. The van der Waals surface area contributed by atoms with Crippen molar-refractivity contribution < 1.29 is 28.5 Å². The van der Waals surface area contributed by atoms with Gasteiger partial charge in [0.15, 0.2) is 11.5 Å². The smallest absolute Gasteiger partial charge is 0.336 e. The van der Waals surface area contributed by atoms with E-state index in [1.807, 2.05) is 24.3 Å². The maximum absolute atomic E-state index is 13.2. The van der Waals surface area contributed by atoms with E-state index in [1.54, 1.807) is 17.0 Å². The van der Waals surface area contributed by atoms with Crippen molar-refractivity contribution in [2.75, 3.05) is 32.8 Å². The van der Waals surface area contributed by atoms with Gasteiger partial charge in [-0.2, -0.15) is 0 Å². The molecule has 30 heavy (non-hydrogen) atoms. The number of hydrogen-bond acceptors (Lipinski definition) is 6. The van der Waals surface area contributed by atoms with Crippen molar-refractivity contribution in [2.24, 2.45) is 0 Å². The van der Waals surface area contributed by atoms with Crippen LogP contribution in [0.15, 0.2) is 52.1 Å². The summed E-state index contributed by atoms with van der Waals surface area (Å²) in [6.45, 7) is 0.0437. The van der Waals surface area contributed by atoms with Crippen LogP contribution in [0.4, 0.5) is 5.69 Å². The van der Waals surface area contributed by atoms with Gasteiger partial charge in [0.05, 0.1) is 32.6 Å². The first-order valence-corrected chi connectivity index (χ1v) is 10.1.